The van der Waals surface area contributed by atoms with Gasteiger partial charge in [0.25, 0.3) is 5.69 Å². The van der Waals surface area contributed by atoms with E-state index < -0.39 is 4.92 Å². The van der Waals surface area contributed by atoms with Crippen LogP contribution in [0, 0.1) is 17.0 Å². The number of benzene rings is 1. The zero-order valence-electron chi connectivity index (χ0n) is 9.99. The molecular formula is C10H11N5O2S2. The predicted octanol–water partition coefficient (Wildman–Crippen LogP) is 2.33. The summed E-state index contributed by atoms with van der Waals surface area (Å²) in [6.45, 7) is 1.84. The van der Waals surface area contributed by atoms with E-state index in [1.807, 2.05) is 6.92 Å². The van der Waals surface area contributed by atoms with Gasteiger partial charge in [-0.05, 0) is 30.1 Å². The smallest absolute Gasteiger partial charge is 0.293 e. The number of hydrogen-bond acceptors (Lipinski definition) is 8. The topological polar surface area (TPSA) is 107 Å². The molecule has 19 heavy (non-hydrogen) atoms. The van der Waals surface area contributed by atoms with Crippen molar-refractivity contribution < 1.29 is 4.92 Å². The Morgan fingerprint density at radius 1 is 1.58 bits per heavy atom. The van der Waals surface area contributed by atoms with Crippen LogP contribution in [0.2, 0.25) is 0 Å². The van der Waals surface area contributed by atoms with E-state index in [1.54, 1.807) is 12.1 Å². The molecule has 0 unspecified atom stereocenters. The van der Waals surface area contributed by atoms with Crippen molar-refractivity contribution in [1.82, 2.24) is 9.36 Å². The summed E-state index contributed by atoms with van der Waals surface area (Å²) in [4.78, 5) is 14.5. The molecule has 100 valence electrons. The second-order valence-corrected chi connectivity index (χ2v) is 5.62. The van der Waals surface area contributed by atoms with E-state index >= 15 is 0 Å². The van der Waals surface area contributed by atoms with Crippen molar-refractivity contribution in [3.05, 3.63) is 39.7 Å². The van der Waals surface area contributed by atoms with Gasteiger partial charge in [-0.15, -0.1) is 0 Å². The van der Waals surface area contributed by atoms with Gasteiger partial charge in [-0.1, -0.05) is 17.8 Å². The number of nitrogens with zero attached hydrogens (tertiary/aromatic N) is 3. The highest BCUT2D eigenvalue weighted by Gasteiger charge is 2.13. The summed E-state index contributed by atoms with van der Waals surface area (Å²) in [7, 11) is 0. The van der Waals surface area contributed by atoms with Crippen LogP contribution in [0.15, 0.2) is 22.5 Å². The van der Waals surface area contributed by atoms with Crippen molar-refractivity contribution >= 4 is 34.7 Å². The highest BCUT2D eigenvalue weighted by Crippen LogP contribution is 2.29. The van der Waals surface area contributed by atoms with E-state index in [2.05, 4.69) is 14.8 Å². The van der Waals surface area contributed by atoms with Crippen LogP contribution in [0.4, 0.5) is 11.4 Å². The van der Waals surface area contributed by atoms with Crippen molar-refractivity contribution in [2.45, 2.75) is 17.0 Å². The highest BCUT2D eigenvalue weighted by molar-refractivity contribution is 8.00. The van der Waals surface area contributed by atoms with Crippen LogP contribution in [0.25, 0.3) is 0 Å². The molecule has 0 aliphatic carbocycles. The van der Waals surface area contributed by atoms with Gasteiger partial charge in [0.2, 0.25) is 0 Å². The molecule has 0 bridgehead atoms. The van der Waals surface area contributed by atoms with Gasteiger partial charge in [0.1, 0.15) is 11.5 Å². The fraction of sp³-hybridized carbons (Fsp3) is 0.200. The van der Waals surface area contributed by atoms with Gasteiger partial charge in [-0.25, -0.2) is 4.98 Å². The number of rotatable bonds is 5. The molecule has 2 rings (SSSR count). The summed E-state index contributed by atoms with van der Waals surface area (Å²) in [5, 5.41) is 10.8. The molecule has 0 fully saturated rings. The fourth-order valence-corrected chi connectivity index (χ4v) is 3.02. The number of hydrazine groups is 1. The summed E-state index contributed by atoms with van der Waals surface area (Å²) in [6, 6.07) is 4.81. The molecule has 1 heterocycles. The molecule has 0 saturated carbocycles. The maximum Gasteiger partial charge on any atom is 0.293 e. The molecule has 1 aromatic carbocycles. The molecule has 0 radical (unpaired) electrons. The lowest BCUT2D eigenvalue weighted by atomic mass is 10.2. The van der Waals surface area contributed by atoms with E-state index in [-0.39, 0.29) is 5.69 Å². The minimum absolute atomic E-state index is 0.0389. The predicted molar refractivity (Wildman–Crippen MR) is 75.1 cm³/mol. The molecule has 3 N–H and O–H groups in total. The number of nitrogen functional groups attached to an aromatic ring is 1. The maximum absolute atomic E-state index is 10.8. The first-order valence-corrected chi connectivity index (χ1v) is 7.03. The fourth-order valence-electron chi connectivity index (χ4n) is 1.43. The third-order valence-electron chi connectivity index (χ3n) is 2.28. The lowest BCUT2D eigenvalue weighted by molar-refractivity contribution is -0.384. The number of aryl methyl sites for hydroxylation is 1. The first-order valence-electron chi connectivity index (χ1n) is 5.27. The molecule has 0 aliphatic heterocycles. The Morgan fingerprint density at radius 2 is 2.37 bits per heavy atom. The number of nitrogens with two attached hydrogens (primary N) is 1. The van der Waals surface area contributed by atoms with Gasteiger partial charge in [0, 0.05) is 11.8 Å². The van der Waals surface area contributed by atoms with Gasteiger partial charge >= 0.3 is 0 Å². The molecule has 0 amide bonds. The average molecular weight is 297 g/mol. The Balaban J connectivity index is 2.11. The van der Waals surface area contributed by atoms with E-state index in [1.165, 1.54) is 29.4 Å². The van der Waals surface area contributed by atoms with Crippen LogP contribution in [0.3, 0.4) is 0 Å². The Labute approximate surface area is 117 Å². The minimum Gasteiger partial charge on any atom is -0.318 e. The van der Waals surface area contributed by atoms with E-state index in [4.69, 9.17) is 5.84 Å². The molecule has 0 spiro atoms. The number of thioether (sulfide) groups is 1. The molecule has 2 aromatic rings. The zero-order valence-corrected chi connectivity index (χ0v) is 11.6. The van der Waals surface area contributed by atoms with E-state index in [0.717, 1.165) is 15.7 Å². The number of nitro groups is 1. The minimum atomic E-state index is -0.472. The standard InChI is InChI=1S/C10H11N5O2S2/c1-6-12-10(19-14-6)18-5-7-2-3-9(15(16)17)8(4-7)13-11/h2-4,13H,5,11H2,1H3. The molecule has 0 aliphatic rings. The molecule has 9 heteroatoms. The average Bonchev–Trinajstić information content (AvgIpc) is 2.81. The van der Waals surface area contributed by atoms with E-state index in [0.29, 0.717) is 11.4 Å². The van der Waals surface area contributed by atoms with Gasteiger partial charge in [0.05, 0.1) is 4.92 Å². The van der Waals surface area contributed by atoms with Gasteiger partial charge < -0.3 is 5.43 Å². The van der Waals surface area contributed by atoms with Crippen molar-refractivity contribution in [2.75, 3.05) is 5.43 Å². The second-order valence-electron chi connectivity index (χ2n) is 3.65. The molecule has 1 aromatic heterocycles. The normalized spacial score (nSPS) is 10.4. The summed E-state index contributed by atoms with van der Waals surface area (Å²) in [5.41, 5.74) is 3.53. The summed E-state index contributed by atoms with van der Waals surface area (Å²) >= 11 is 2.87. The largest absolute Gasteiger partial charge is 0.318 e. The zero-order chi connectivity index (χ0) is 13.8. The quantitative estimate of drug-likeness (QED) is 0.377. The van der Waals surface area contributed by atoms with Crippen LogP contribution < -0.4 is 11.3 Å². The number of hydrogen-bond donors (Lipinski definition) is 2. The Bertz CT molecular complexity index is 601. The van der Waals surface area contributed by atoms with Crippen LogP contribution in [0.5, 0.6) is 0 Å². The van der Waals surface area contributed by atoms with Gasteiger partial charge in [0.15, 0.2) is 4.34 Å². The van der Waals surface area contributed by atoms with E-state index in [9.17, 15) is 10.1 Å². The van der Waals surface area contributed by atoms with Crippen molar-refractivity contribution in [3.8, 4) is 0 Å². The summed E-state index contributed by atoms with van der Waals surface area (Å²) in [5.74, 6) is 6.69. The van der Waals surface area contributed by atoms with Crippen LogP contribution in [0.1, 0.15) is 11.4 Å². The first kappa shape index (κ1) is 13.7. The lowest BCUT2D eigenvalue weighted by Crippen LogP contribution is -2.09. The second kappa shape index (κ2) is 5.95. The maximum atomic E-state index is 10.8. The summed E-state index contributed by atoms with van der Waals surface area (Å²) < 4.78 is 4.96. The molecule has 0 saturated heterocycles. The Kier molecular flexibility index (Phi) is 4.30. The highest BCUT2D eigenvalue weighted by atomic mass is 32.2. The molecule has 0 atom stereocenters. The number of anilines is 1. The van der Waals surface area contributed by atoms with Crippen LogP contribution in [-0.2, 0) is 5.75 Å². The van der Waals surface area contributed by atoms with Gasteiger partial charge in [-0.2, -0.15) is 4.37 Å². The monoisotopic (exact) mass is 297 g/mol. The molecular weight excluding hydrogens is 286 g/mol. The van der Waals surface area contributed by atoms with Crippen LogP contribution in [-0.4, -0.2) is 14.3 Å². The number of nitro benzene ring substituents is 1. The number of nitrogens with one attached hydrogen (secondary N) is 1. The van der Waals surface area contributed by atoms with Crippen molar-refractivity contribution in [1.29, 1.82) is 0 Å². The SMILES string of the molecule is Cc1nsc(SCc2ccc([N+](=O)[O-])c(NN)c2)n1. The lowest BCUT2D eigenvalue weighted by Gasteiger charge is -2.04. The number of aromatic nitrogens is 2. The first-order chi connectivity index (χ1) is 9.10. The van der Waals surface area contributed by atoms with Crippen LogP contribution >= 0.6 is 23.3 Å². The molecule has 7 nitrogen and oxygen atoms in total. The third-order valence-corrected chi connectivity index (χ3v) is 4.28. The van der Waals surface area contributed by atoms with Crippen molar-refractivity contribution in [2.24, 2.45) is 5.84 Å². The van der Waals surface area contributed by atoms with Gasteiger partial charge in [-0.3, -0.25) is 16.0 Å². The Morgan fingerprint density at radius 3 is 2.95 bits per heavy atom. The third kappa shape index (κ3) is 3.40. The van der Waals surface area contributed by atoms with Crippen molar-refractivity contribution in [3.63, 3.8) is 0 Å². The summed E-state index contributed by atoms with van der Waals surface area (Å²) in [6.07, 6.45) is 0. The Hall–Kier alpha value is -1.71.